The van der Waals surface area contributed by atoms with E-state index in [1.54, 1.807) is 24.4 Å². The molecule has 0 unspecified atom stereocenters. The fraction of sp³-hybridized carbons (Fsp3) is 0.231. The normalized spacial score (nSPS) is 15.1. The Morgan fingerprint density at radius 1 is 1.15 bits per heavy atom. The number of anilines is 1. The summed E-state index contributed by atoms with van der Waals surface area (Å²) in [6.45, 7) is 1.46. The zero-order valence-electron chi connectivity index (χ0n) is 10.3. The molecule has 1 aliphatic rings. The van der Waals surface area contributed by atoms with Crippen LogP contribution >= 0.6 is 34.8 Å². The summed E-state index contributed by atoms with van der Waals surface area (Å²) in [6.07, 6.45) is 1.71. The van der Waals surface area contributed by atoms with E-state index in [0.717, 1.165) is 18.9 Å². The molecule has 1 saturated heterocycles. The van der Waals surface area contributed by atoms with Crippen LogP contribution in [0.4, 0.5) is 5.82 Å². The first-order valence-corrected chi connectivity index (χ1v) is 7.10. The van der Waals surface area contributed by atoms with E-state index in [9.17, 15) is 0 Å². The Balaban J connectivity index is 1.61. The van der Waals surface area contributed by atoms with Crippen LogP contribution in [-0.2, 0) is 0 Å². The molecule has 0 aliphatic carbocycles. The first-order chi connectivity index (χ1) is 9.61. The van der Waals surface area contributed by atoms with Gasteiger partial charge in [0, 0.05) is 11.2 Å². The minimum atomic E-state index is 0.0717. The molecule has 1 aliphatic heterocycles. The Labute approximate surface area is 131 Å². The van der Waals surface area contributed by atoms with Crippen LogP contribution < -0.4 is 9.64 Å². The number of benzene rings is 1. The third kappa shape index (κ3) is 2.92. The maximum Gasteiger partial charge on any atom is 0.224 e. The van der Waals surface area contributed by atoms with Gasteiger partial charge in [0.1, 0.15) is 17.7 Å². The van der Waals surface area contributed by atoms with Gasteiger partial charge in [0.05, 0.1) is 18.1 Å². The van der Waals surface area contributed by atoms with Crippen molar-refractivity contribution in [1.29, 1.82) is 0 Å². The predicted molar refractivity (Wildman–Crippen MR) is 80.1 cm³/mol. The van der Waals surface area contributed by atoms with Crippen molar-refractivity contribution >= 4 is 40.6 Å². The van der Waals surface area contributed by atoms with Gasteiger partial charge in [-0.2, -0.15) is 0 Å². The molecule has 0 atom stereocenters. The van der Waals surface area contributed by atoms with E-state index < -0.39 is 0 Å². The number of halogens is 3. The van der Waals surface area contributed by atoms with Crippen molar-refractivity contribution in [3.63, 3.8) is 0 Å². The van der Waals surface area contributed by atoms with Crippen molar-refractivity contribution in [2.75, 3.05) is 18.0 Å². The Hall–Kier alpha value is -1.23. The Kier molecular flexibility index (Phi) is 3.87. The van der Waals surface area contributed by atoms with E-state index in [1.165, 1.54) is 0 Å². The lowest BCUT2D eigenvalue weighted by Gasteiger charge is -2.39. The molecule has 20 heavy (non-hydrogen) atoms. The van der Waals surface area contributed by atoms with Gasteiger partial charge < -0.3 is 9.64 Å². The van der Waals surface area contributed by atoms with Gasteiger partial charge in [0.25, 0.3) is 0 Å². The van der Waals surface area contributed by atoms with Gasteiger partial charge in [-0.05, 0) is 35.9 Å². The van der Waals surface area contributed by atoms with Crippen molar-refractivity contribution in [3.05, 3.63) is 45.8 Å². The minimum absolute atomic E-state index is 0.0717. The van der Waals surface area contributed by atoms with Crippen LogP contribution in [0.25, 0.3) is 0 Å². The van der Waals surface area contributed by atoms with Crippen LogP contribution in [0.5, 0.6) is 5.75 Å². The second-order valence-corrected chi connectivity index (χ2v) is 5.59. The standard InChI is InChI=1S/C13H10Cl3N3O/c14-8-1-2-11(10(15)5-8)20-9-6-19(7-9)12-3-4-17-13(16)18-12/h1-5,9H,6-7H2. The number of nitrogens with zero attached hydrogens (tertiary/aromatic N) is 3. The minimum Gasteiger partial charge on any atom is -0.485 e. The predicted octanol–water partition coefficient (Wildman–Crippen LogP) is 3.70. The summed E-state index contributed by atoms with van der Waals surface area (Å²) in [5.74, 6) is 1.44. The highest BCUT2D eigenvalue weighted by atomic mass is 35.5. The van der Waals surface area contributed by atoms with Crippen molar-refractivity contribution in [3.8, 4) is 5.75 Å². The molecule has 4 nitrogen and oxygen atoms in total. The van der Waals surface area contributed by atoms with Gasteiger partial charge in [0.2, 0.25) is 5.28 Å². The third-order valence-corrected chi connectivity index (χ3v) is 3.68. The maximum atomic E-state index is 6.07. The van der Waals surface area contributed by atoms with Gasteiger partial charge in [0.15, 0.2) is 0 Å². The molecule has 0 N–H and O–H groups in total. The average Bonchev–Trinajstić information content (AvgIpc) is 2.35. The molecular weight excluding hydrogens is 321 g/mol. The molecule has 1 aromatic heterocycles. The highest BCUT2D eigenvalue weighted by molar-refractivity contribution is 6.35. The second-order valence-electron chi connectivity index (χ2n) is 4.40. The molecule has 0 bridgehead atoms. The summed E-state index contributed by atoms with van der Waals surface area (Å²) in [5.41, 5.74) is 0. The SMILES string of the molecule is Clc1ccc(OC2CN(c3ccnc(Cl)n3)C2)c(Cl)c1. The fourth-order valence-corrected chi connectivity index (χ4v) is 2.55. The summed E-state index contributed by atoms with van der Waals surface area (Å²) in [6, 6.07) is 7.01. The summed E-state index contributed by atoms with van der Waals surface area (Å²) in [5, 5.41) is 1.35. The molecule has 7 heteroatoms. The third-order valence-electron chi connectivity index (χ3n) is 2.97. The number of rotatable bonds is 3. The molecule has 0 amide bonds. The number of hydrogen-bond acceptors (Lipinski definition) is 4. The van der Waals surface area contributed by atoms with Crippen LogP contribution in [0, 0.1) is 0 Å². The quantitative estimate of drug-likeness (QED) is 0.804. The Morgan fingerprint density at radius 3 is 2.65 bits per heavy atom. The summed E-state index contributed by atoms with van der Waals surface area (Å²) in [7, 11) is 0. The number of hydrogen-bond donors (Lipinski definition) is 0. The summed E-state index contributed by atoms with van der Waals surface area (Å²) >= 11 is 17.7. The lowest BCUT2D eigenvalue weighted by atomic mass is 10.1. The molecule has 0 radical (unpaired) electrons. The van der Waals surface area contributed by atoms with Gasteiger partial charge in [-0.1, -0.05) is 23.2 Å². The molecule has 1 aromatic carbocycles. The largest absolute Gasteiger partial charge is 0.485 e. The fourth-order valence-electron chi connectivity index (χ4n) is 1.95. The van der Waals surface area contributed by atoms with Crippen molar-refractivity contribution in [2.24, 2.45) is 0 Å². The molecule has 104 valence electrons. The zero-order valence-corrected chi connectivity index (χ0v) is 12.5. The average molecular weight is 331 g/mol. The van der Waals surface area contributed by atoms with E-state index in [2.05, 4.69) is 14.9 Å². The first-order valence-electron chi connectivity index (χ1n) is 5.97. The van der Waals surface area contributed by atoms with Gasteiger partial charge in [-0.25, -0.2) is 9.97 Å². The second kappa shape index (κ2) is 5.64. The highest BCUT2D eigenvalue weighted by Crippen LogP contribution is 2.30. The van der Waals surface area contributed by atoms with Crippen molar-refractivity contribution in [1.82, 2.24) is 9.97 Å². The van der Waals surface area contributed by atoms with Gasteiger partial charge >= 0.3 is 0 Å². The van der Waals surface area contributed by atoms with E-state index in [-0.39, 0.29) is 11.4 Å². The van der Waals surface area contributed by atoms with Crippen LogP contribution in [0.2, 0.25) is 15.3 Å². The van der Waals surface area contributed by atoms with E-state index >= 15 is 0 Å². The van der Waals surface area contributed by atoms with Gasteiger partial charge in [-0.3, -0.25) is 0 Å². The molecule has 2 heterocycles. The van der Waals surface area contributed by atoms with Crippen LogP contribution in [0.15, 0.2) is 30.5 Å². The van der Waals surface area contributed by atoms with E-state index in [4.69, 9.17) is 39.5 Å². The molecule has 1 fully saturated rings. The summed E-state index contributed by atoms with van der Waals surface area (Å²) in [4.78, 5) is 10.1. The molecule has 2 aromatic rings. The van der Waals surface area contributed by atoms with Gasteiger partial charge in [-0.15, -0.1) is 0 Å². The monoisotopic (exact) mass is 329 g/mol. The summed E-state index contributed by atoms with van der Waals surface area (Å²) < 4.78 is 5.81. The highest BCUT2D eigenvalue weighted by Gasteiger charge is 2.30. The molecule has 0 spiro atoms. The van der Waals surface area contributed by atoms with E-state index in [0.29, 0.717) is 15.8 Å². The van der Waals surface area contributed by atoms with Crippen molar-refractivity contribution in [2.45, 2.75) is 6.10 Å². The topological polar surface area (TPSA) is 38.2 Å². The lowest BCUT2D eigenvalue weighted by molar-refractivity contribution is 0.167. The smallest absolute Gasteiger partial charge is 0.224 e. The lowest BCUT2D eigenvalue weighted by Crippen LogP contribution is -2.54. The molecule has 0 saturated carbocycles. The molecular formula is C13H10Cl3N3O. The van der Waals surface area contributed by atoms with Crippen LogP contribution in [0.3, 0.4) is 0 Å². The number of ether oxygens (including phenoxy) is 1. The zero-order chi connectivity index (χ0) is 14.1. The molecule has 3 rings (SSSR count). The maximum absolute atomic E-state index is 6.07. The van der Waals surface area contributed by atoms with Crippen LogP contribution in [-0.4, -0.2) is 29.2 Å². The Bertz CT molecular complexity index is 632. The Morgan fingerprint density at radius 2 is 1.95 bits per heavy atom. The van der Waals surface area contributed by atoms with Crippen LogP contribution in [0.1, 0.15) is 0 Å². The van der Waals surface area contributed by atoms with Crippen molar-refractivity contribution < 1.29 is 4.74 Å². The van der Waals surface area contributed by atoms with E-state index in [1.807, 2.05) is 6.07 Å². The number of aromatic nitrogens is 2. The first kappa shape index (κ1) is 13.7.